The average molecular weight is 413 g/mol. The number of benzene rings is 1. The van der Waals surface area contributed by atoms with Crippen molar-refractivity contribution in [3.8, 4) is 0 Å². The topological polar surface area (TPSA) is 104 Å². The summed E-state index contributed by atoms with van der Waals surface area (Å²) in [7, 11) is -4.04. The van der Waals surface area contributed by atoms with Gasteiger partial charge in [0.05, 0.1) is 17.4 Å². The van der Waals surface area contributed by atoms with Gasteiger partial charge in [0.1, 0.15) is 5.75 Å². The SMILES string of the molecule is Cc1cc(NCCNC(c2ccccn2)c2ccccn2)ccc1CS(=O)(=O)O. The van der Waals surface area contributed by atoms with Crippen LogP contribution in [0, 0.1) is 6.92 Å². The Morgan fingerprint density at radius 1 is 0.966 bits per heavy atom. The van der Waals surface area contributed by atoms with Gasteiger partial charge in [-0.05, 0) is 54.4 Å². The van der Waals surface area contributed by atoms with Gasteiger partial charge in [0.15, 0.2) is 0 Å². The summed E-state index contributed by atoms with van der Waals surface area (Å²) in [5.74, 6) is -0.378. The second-order valence-corrected chi connectivity index (χ2v) is 8.14. The number of hydrogen-bond acceptors (Lipinski definition) is 6. The van der Waals surface area contributed by atoms with Gasteiger partial charge < -0.3 is 10.6 Å². The first kappa shape index (κ1) is 20.9. The van der Waals surface area contributed by atoms with E-state index in [1.165, 1.54) is 0 Å². The maximum atomic E-state index is 11.1. The van der Waals surface area contributed by atoms with Crippen molar-refractivity contribution in [2.45, 2.75) is 18.7 Å². The Labute approximate surface area is 171 Å². The van der Waals surface area contributed by atoms with E-state index in [0.29, 0.717) is 18.7 Å². The smallest absolute Gasteiger partial charge is 0.269 e. The molecule has 0 aliphatic rings. The molecule has 8 heteroatoms. The number of hydrogen-bond donors (Lipinski definition) is 3. The predicted octanol–water partition coefficient (Wildman–Crippen LogP) is 2.96. The lowest BCUT2D eigenvalue weighted by molar-refractivity contribution is 0.482. The van der Waals surface area contributed by atoms with Crippen molar-refractivity contribution in [1.29, 1.82) is 0 Å². The molecule has 29 heavy (non-hydrogen) atoms. The minimum Gasteiger partial charge on any atom is -0.384 e. The number of nitrogens with zero attached hydrogens (tertiary/aromatic N) is 2. The molecular weight excluding hydrogens is 388 g/mol. The fourth-order valence-corrected chi connectivity index (χ4v) is 3.76. The molecule has 0 aliphatic carbocycles. The van der Waals surface area contributed by atoms with Crippen molar-refractivity contribution < 1.29 is 13.0 Å². The van der Waals surface area contributed by atoms with Gasteiger partial charge in [-0.15, -0.1) is 0 Å². The van der Waals surface area contributed by atoms with E-state index < -0.39 is 10.1 Å². The van der Waals surface area contributed by atoms with E-state index in [-0.39, 0.29) is 11.8 Å². The summed E-state index contributed by atoms with van der Waals surface area (Å²) in [5, 5.41) is 6.80. The van der Waals surface area contributed by atoms with E-state index in [1.807, 2.05) is 55.5 Å². The molecule has 0 saturated heterocycles. The van der Waals surface area contributed by atoms with Crippen molar-refractivity contribution >= 4 is 15.8 Å². The Balaban J connectivity index is 1.60. The molecule has 0 fully saturated rings. The minimum atomic E-state index is -4.04. The van der Waals surface area contributed by atoms with Crippen molar-refractivity contribution in [1.82, 2.24) is 15.3 Å². The van der Waals surface area contributed by atoms with Crippen LogP contribution in [0.5, 0.6) is 0 Å². The fraction of sp³-hybridized carbons (Fsp3) is 0.238. The molecule has 0 spiro atoms. The van der Waals surface area contributed by atoms with E-state index >= 15 is 0 Å². The molecule has 2 aromatic heterocycles. The highest BCUT2D eigenvalue weighted by atomic mass is 32.2. The first-order chi connectivity index (χ1) is 13.9. The van der Waals surface area contributed by atoms with E-state index in [9.17, 15) is 8.42 Å². The van der Waals surface area contributed by atoms with Crippen LogP contribution < -0.4 is 10.6 Å². The van der Waals surface area contributed by atoms with Crippen molar-refractivity contribution in [3.63, 3.8) is 0 Å². The number of anilines is 1. The van der Waals surface area contributed by atoms with Crippen molar-refractivity contribution in [3.05, 3.63) is 89.5 Å². The highest BCUT2D eigenvalue weighted by Crippen LogP contribution is 2.19. The highest BCUT2D eigenvalue weighted by molar-refractivity contribution is 7.85. The summed E-state index contributed by atoms with van der Waals surface area (Å²) in [6.45, 7) is 3.15. The maximum Gasteiger partial charge on any atom is 0.269 e. The summed E-state index contributed by atoms with van der Waals surface area (Å²) in [6.07, 6.45) is 3.53. The molecule has 3 aromatic rings. The van der Waals surface area contributed by atoms with Gasteiger partial charge in [-0.2, -0.15) is 8.42 Å². The van der Waals surface area contributed by atoms with Crippen LogP contribution in [0.25, 0.3) is 0 Å². The van der Waals surface area contributed by atoms with E-state index in [0.717, 1.165) is 22.6 Å². The maximum absolute atomic E-state index is 11.1. The van der Waals surface area contributed by atoms with E-state index in [2.05, 4.69) is 20.6 Å². The molecule has 3 N–H and O–H groups in total. The van der Waals surface area contributed by atoms with Crippen LogP contribution in [0.3, 0.4) is 0 Å². The van der Waals surface area contributed by atoms with Crippen LogP contribution >= 0.6 is 0 Å². The van der Waals surface area contributed by atoms with Gasteiger partial charge in [-0.3, -0.25) is 14.5 Å². The third-order valence-electron chi connectivity index (χ3n) is 4.45. The predicted molar refractivity (Wildman–Crippen MR) is 113 cm³/mol. The van der Waals surface area contributed by atoms with E-state index in [1.54, 1.807) is 18.5 Å². The van der Waals surface area contributed by atoms with Crippen molar-refractivity contribution in [2.24, 2.45) is 0 Å². The molecule has 0 radical (unpaired) electrons. The monoisotopic (exact) mass is 412 g/mol. The third kappa shape index (κ3) is 6.35. The largest absolute Gasteiger partial charge is 0.384 e. The Kier molecular flexibility index (Phi) is 6.92. The summed E-state index contributed by atoms with van der Waals surface area (Å²) < 4.78 is 31.2. The lowest BCUT2D eigenvalue weighted by Crippen LogP contribution is -2.29. The summed E-state index contributed by atoms with van der Waals surface area (Å²) >= 11 is 0. The zero-order chi connectivity index (χ0) is 20.7. The Morgan fingerprint density at radius 3 is 2.14 bits per heavy atom. The van der Waals surface area contributed by atoms with Crippen LogP contribution in [0.4, 0.5) is 5.69 Å². The molecule has 0 unspecified atom stereocenters. The van der Waals surface area contributed by atoms with Crippen LogP contribution in [0.1, 0.15) is 28.6 Å². The average Bonchev–Trinajstić information content (AvgIpc) is 2.70. The van der Waals surface area contributed by atoms with E-state index in [4.69, 9.17) is 4.55 Å². The van der Waals surface area contributed by atoms with Gasteiger partial charge in [0.25, 0.3) is 10.1 Å². The van der Waals surface area contributed by atoms with Crippen LogP contribution in [0.2, 0.25) is 0 Å². The molecule has 152 valence electrons. The quantitative estimate of drug-likeness (QED) is 0.367. The second kappa shape index (κ2) is 9.60. The number of aryl methyl sites for hydroxylation is 1. The minimum absolute atomic E-state index is 0.113. The zero-order valence-electron chi connectivity index (χ0n) is 16.1. The van der Waals surface area contributed by atoms with Gasteiger partial charge in [-0.1, -0.05) is 18.2 Å². The van der Waals surface area contributed by atoms with Gasteiger partial charge in [0, 0.05) is 31.2 Å². The first-order valence-electron chi connectivity index (χ1n) is 9.26. The van der Waals surface area contributed by atoms with Gasteiger partial charge in [0.2, 0.25) is 0 Å². The lowest BCUT2D eigenvalue weighted by atomic mass is 10.1. The number of pyridine rings is 2. The summed E-state index contributed by atoms with van der Waals surface area (Å²) in [4.78, 5) is 8.90. The van der Waals surface area contributed by atoms with Crippen LogP contribution in [-0.2, 0) is 15.9 Å². The van der Waals surface area contributed by atoms with Gasteiger partial charge in [-0.25, -0.2) is 0 Å². The summed E-state index contributed by atoms with van der Waals surface area (Å²) in [6, 6.07) is 16.9. The normalized spacial score (nSPS) is 11.6. The first-order valence-corrected chi connectivity index (χ1v) is 10.9. The molecule has 1 aromatic carbocycles. The Bertz CT molecular complexity index is 989. The molecule has 0 aliphatic heterocycles. The van der Waals surface area contributed by atoms with Crippen LogP contribution in [0.15, 0.2) is 67.0 Å². The van der Waals surface area contributed by atoms with Crippen molar-refractivity contribution in [2.75, 3.05) is 18.4 Å². The molecule has 3 rings (SSSR count). The number of rotatable bonds is 9. The molecule has 0 saturated carbocycles. The third-order valence-corrected chi connectivity index (χ3v) is 5.13. The molecule has 0 amide bonds. The zero-order valence-corrected chi connectivity index (χ0v) is 16.9. The second-order valence-electron chi connectivity index (χ2n) is 6.69. The molecule has 0 atom stereocenters. The number of aromatic nitrogens is 2. The number of nitrogens with one attached hydrogen (secondary N) is 2. The Morgan fingerprint density at radius 2 is 1.62 bits per heavy atom. The Hall–Kier alpha value is -2.81. The molecule has 7 nitrogen and oxygen atoms in total. The highest BCUT2D eigenvalue weighted by Gasteiger charge is 2.15. The summed E-state index contributed by atoms with van der Waals surface area (Å²) in [5.41, 5.74) is 4.07. The lowest BCUT2D eigenvalue weighted by Gasteiger charge is -2.18. The molecule has 2 heterocycles. The molecule has 0 bridgehead atoms. The standard InChI is InChI=1S/C21H24N4O3S/c1-16-14-18(9-8-17(16)15-29(26,27)28)22-12-13-25-21(19-6-2-4-10-23-19)20-7-3-5-11-24-20/h2-11,14,21-22,25H,12-13,15H2,1H3,(H,26,27,28). The van der Waals surface area contributed by atoms with Gasteiger partial charge >= 0.3 is 0 Å². The molecular formula is C21H24N4O3S. The fourth-order valence-electron chi connectivity index (χ4n) is 3.04. The van der Waals surface area contributed by atoms with Crippen LogP contribution in [-0.4, -0.2) is 36.0 Å².